The molecule has 6 nitrogen and oxygen atoms in total. The van der Waals surface area contributed by atoms with E-state index in [1.807, 2.05) is 24.3 Å². The number of thioether (sulfide) groups is 1. The minimum Gasteiger partial charge on any atom is -0.504 e. The fourth-order valence-electron chi connectivity index (χ4n) is 2.73. The Morgan fingerprint density at radius 2 is 1.88 bits per heavy atom. The Balaban J connectivity index is 1.62. The van der Waals surface area contributed by atoms with E-state index < -0.39 is 0 Å². The summed E-state index contributed by atoms with van der Waals surface area (Å²) in [6.45, 7) is 0. The quantitative estimate of drug-likeness (QED) is 0.681. The number of hydrogen-bond acceptors (Lipinski definition) is 7. The van der Waals surface area contributed by atoms with Gasteiger partial charge in [0.1, 0.15) is 22.8 Å². The number of amidine groups is 1. The summed E-state index contributed by atoms with van der Waals surface area (Å²) in [7, 11) is 1.51. The highest BCUT2D eigenvalue weighted by Crippen LogP contribution is 2.49. The molecule has 0 spiro atoms. The van der Waals surface area contributed by atoms with Gasteiger partial charge in [0.2, 0.25) is 0 Å². The number of aromatic hydroxyl groups is 1. The van der Waals surface area contributed by atoms with Gasteiger partial charge in [-0.05, 0) is 36.4 Å². The van der Waals surface area contributed by atoms with Crippen LogP contribution >= 0.6 is 11.8 Å². The third-order valence-electron chi connectivity index (χ3n) is 3.99. The summed E-state index contributed by atoms with van der Waals surface area (Å²) in [5.41, 5.74) is 0.559. The molecule has 0 unspecified atom stereocenters. The lowest BCUT2D eigenvalue weighted by atomic mass is 10.1. The predicted molar refractivity (Wildman–Crippen MR) is 100 cm³/mol. The Morgan fingerprint density at radius 1 is 1.12 bits per heavy atom. The standard InChI is InChI=1S/C19H16N2O4S/c1-23-14-6-2-5-12(17(14)22)11-20-19-21-16(13-7-3-9-24-13)18(26-19)15-8-4-10-25-15/h2-11,16,18,22H,1H3/t16-,18-/m1/s1. The molecule has 4 rings (SSSR count). The lowest BCUT2D eigenvalue weighted by molar-refractivity contribution is 0.373. The zero-order valence-electron chi connectivity index (χ0n) is 13.9. The Bertz CT molecular complexity index is 933. The molecular formula is C19H16N2O4S. The van der Waals surface area contributed by atoms with Crippen molar-refractivity contribution < 1.29 is 18.7 Å². The second-order valence-corrected chi connectivity index (χ2v) is 6.69. The van der Waals surface area contributed by atoms with Crippen molar-refractivity contribution in [1.82, 2.24) is 0 Å². The van der Waals surface area contributed by atoms with Gasteiger partial charge in [-0.15, -0.1) is 0 Å². The maximum Gasteiger partial charge on any atom is 0.184 e. The number of furan rings is 2. The van der Waals surface area contributed by atoms with E-state index in [-0.39, 0.29) is 17.0 Å². The minimum absolute atomic E-state index is 0.0486. The highest BCUT2D eigenvalue weighted by molar-refractivity contribution is 8.14. The molecule has 0 aliphatic carbocycles. The van der Waals surface area contributed by atoms with Gasteiger partial charge in [0.25, 0.3) is 0 Å². The zero-order chi connectivity index (χ0) is 17.9. The molecule has 2 aromatic heterocycles. The van der Waals surface area contributed by atoms with Gasteiger partial charge in [-0.25, -0.2) is 9.98 Å². The van der Waals surface area contributed by atoms with Crippen LogP contribution in [0.5, 0.6) is 11.5 Å². The number of hydrogen-bond donors (Lipinski definition) is 1. The van der Waals surface area contributed by atoms with Crippen LogP contribution in [-0.4, -0.2) is 23.6 Å². The normalized spacial score (nSPS) is 19.8. The van der Waals surface area contributed by atoms with Crippen LogP contribution < -0.4 is 4.74 Å². The molecule has 0 saturated heterocycles. The van der Waals surface area contributed by atoms with E-state index in [1.54, 1.807) is 36.9 Å². The Labute approximate surface area is 154 Å². The molecule has 1 aliphatic rings. The lowest BCUT2D eigenvalue weighted by Gasteiger charge is -2.11. The molecule has 1 aliphatic heterocycles. The number of aliphatic imine (C=N–C) groups is 2. The molecule has 0 amide bonds. The van der Waals surface area contributed by atoms with Gasteiger partial charge in [0, 0.05) is 11.8 Å². The average molecular weight is 368 g/mol. The SMILES string of the molecule is COc1cccc(C=NC2=N[C@H](c3ccco3)[C@@H](c3ccco3)S2)c1O. The fraction of sp³-hybridized carbons (Fsp3) is 0.158. The molecule has 26 heavy (non-hydrogen) atoms. The topological polar surface area (TPSA) is 80.5 Å². The van der Waals surface area contributed by atoms with E-state index in [0.29, 0.717) is 16.5 Å². The highest BCUT2D eigenvalue weighted by Gasteiger charge is 2.36. The summed E-state index contributed by atoms with van der Waals surface area (Å²) in [5.74, 6) is 2.02. The molecule has 3 aromatic rings. The Morgan fingerprint density at radius 3 is 2.58 bits per heavy atom. The first-order chi connectivity index (χ1) is 12.8. The molecule has 2 atom stereocenters. The van der Waals surface area contributed by atoms with Gasteiger partial charge in [-0.1, -0.05) is 17.8 Å². The summed E-state index contributed by atoms with van der Waals surface area (Å²) in [5, 5.41) is 10.7. The van der Waals surface area contributed by atoms with Crippen LogP contribution in [0.2, 0.25) is 0 Å². The first-order valence-electron chi connectivity index (χ1n) is 7.97. The van der Waals surface area contributed by atoms with Gasteiger partial charge in [-0.3, -0.25) is 0 Å². The number of phenolic OH excluding ortho intramolecular Hbond substituents is 1. The number of methoxy groups -OCH3 is 1. The molecule has 0 radical (unpaired) electrons. The third-order valence-corrected chi connectivity index (χ3v) is 5.16. The van der Waals surface area contributed by atoms with Crippen LogP contribution in [0.4, 0.5) is 0 Å². The van der Waals surface area contributed by atoms with Gasteiger partial charge in [0.15, 0.2) is 16.7 Å². The second-order valence-electron chi connectivity index (χ2n) is 5.58. The van der Waals surface area contributed by atoms with E-state index in [1.165, 1.54) is 18.9 Å². The van der Waals surface area contributed by atoms with Crippen LogP contribution in [0.1, 0.15) is 28.4 Å². The summed E-state index contributed by atoms with van der Waals surface area (Å²) in [6, 6.07) is 12.5. The van der Waals surface area contributed by atoms with Gasteiger partial charge >= 0.3 is 0 Å². The molecule has 1 aromatic carbocycles. The van der Waals surface area contributed by atoms with E-state index in [4.69, 9.17) is 13.6 Å². The van der Waals surface area contributed by atoms with E-state index in [9.17, 15) is 5.11 Å². The van der Waals surface area contributed by atoms with Crippen LogP contribution in [0.15, 0.2) is 73.8 Å². The number of nitrogens with zero attached hydrogens (tertiary/aromatic N) is 2. The minimum atomic E-state index is -0.216. The van der Waals surface area contributed by atoms with Gasteiger partial charge < -0.3 is 18.7 Å². The van der Waals surface area contributed by atoms with Crippen molar-refractivity contribution in [3.05, 3.63) is 72.1 Å². The van der Waals surface area contributed by atoms with Crippen molar-refractivity contribution in [2.24, 2.45) is 9.98 Å². The van der Waals surface area contributed by atoms with Gasteiger partial charge in [-0.2, -0.15) is 0 Å². The molecule has 132 valence electrons. The first kappa shape index (κ1) is 16.5. The van der Waals surface area contributed by atoms with Crippen molar-refractivity contribution >= 4 is 23.1 Å². The maximum atomic E-state index is 10.2. The maximum absolute atomic E-state index is 10.2. The Kier molecular flexibility index (Phi) is 4.53. The summed E-state index contributed by atoms with van der Waals surface area (Å²) >= 11 is 1.50. The van der Waals surface area contributed by atoms with Crippen molar-refractivity contribution in [3.63, 3.8) is 0 Å². The smallest absolute Gasteiger partial charge is 0.184 e. The number of ether oxygens (including phenoxy) is 1. The van der Waals surface area contributed by atoms with Crippen molar-refractivity contribution in [1.29, 1.82) is 0 Å². The summed E-state index contributed by atoms with van der Waals surface area (Å²) in [4.78, 5) is 9.11. The third kappa shape index (κ3) is 3.13. The van der Waals surface area contributed by atoms with Crippen molar-refractivity contribution in [2.75, 3.05) is 7.11 Å². The molecular weight excluding hydrogens is 352 g/mol. The summed E-state index contributed by atoms with van der Waals surface area (Å²) in [6.07, 6.45) is 4.85. The number of para-hydroxylation sites is 1. The molecule has 7 heteroatoms. The van der Waals surface area contributed by atoms with Crippen LogP contribution in [-0.2, 0) is 0 Å². The van der Waals surface area contributed by atoms with Crippen molar-refractivity contribution in [3.8, 4) is 11.5 Å². The largest absolute Gasteiger partial charge is 0.504 e. The molecule has 0 bridgehead atoms. The monoisotopic (exact) mass is 368 g/mol. The van der Waals surface area contributed by atoms with E-state index in [2.05, 4.69) is 9.98 Å². The fourth-order valence-corrected chi connectivity index (χ4v) is 3.82. The van der Waals surface area contributed by atoms with Crippen LogP contribution in [0.3, 0.4) is 0 Å². The summed E-state index contributed by atoms with van der Waals surface area (Å²) < 4.78 is 16.2. The van der Waals surface area contributed by atoms with Crippen molar-refractivity contribution in [2.45, 2.75) is 11.3 Å². The van der Waals surface area contributed by atoms with E-state index >= 15 is 0 Å². The number of rotatable bonds is 4. The molecule has 1 N–H and O–H groups in total. The number of phenols is 1. The lowest BCUT2D eigenvalue weighted by Crippen LogP contribution is -1.99. The van der Waals surface area contributed by atoms with Crippen LogP contribution in [0.25, 0.3) is 0 Å². The molecule has 0 fully saturated rings. The van der Waals surface area contributed by atoms with Crippen LogP contribution in [0, 0.1) is 0 Å². The predicted octanol–water partition coefficient (Wildman–Crippen LogP) is 4.59. The molecule has 3 heterocycles. The average Bonchev–Trinajstić information content (AvgIpc) is 3.40. The molecule has 0 saturated carbocycles. The van der Waals surface area contributed by atoms with Gasteiger partial charge in [0.05, 0.1) is 19.6 Å². The second kappa shape index (κ2) is 7.13. The zero-order valence-corrected chi connectivity index (χ0v) is 14.7. The first-order valence-corrected chi connectivity index (χ1v) is 8.85. The highest BCUT2D eigenvalue weighted by atomic mass is 32.2. The van der Waals surface area contributed by atoms with E-state index in [0.717, 1.165) is 11.5 Å². The Hall–Kier alpha value is -2.93. The number of benzene rings is 1.